The molecular weight excluding hydrogens is 372 g/mol. The molecule has 0 bridgehead atoms. The Morgan fingerprint density at radius 2 is 1.68 bits per heavy atom. The molecule has 2 radical (unpaired) electrons. The van der Waals surface area contributed by atoms with E-state index < -0.39 is 28.7 Å². The largest absolute Gasteiger partial charge is 0.460 e. The molecule has 1 atom stereocenters. The third-order valence-corrected chi connectivity index (χ3v) is 6.12. The van der Waals surface area contributed by atoms with E-state index in [0.29, 0.717) is 16.1 Å². The number of hydrogen-bond donors (Lipinski definition) is 1. The average molecular weight is 407 g/mol. The second kappa shape index (κ2) is 12.2. The Hall–Kier alpha value is -0.299. The number of esters is 1. The lowest BCUT2D eigenvalue weighted by atomic mass is 10.4. The molecule has 9 heteroatoms. The Balaban J connectivity index is 3.94. The molecular formula is C16H34O6Si3. The van der Waals surface area contributed by atoms with E-state index >= 15 is 0 Å². The summed E-state index contributed by atoms with van der Waals surface area (Å²) in [7, 11) is -2.71. The van der Waals surface area contributed by atoms with Crippen LogP contribution in [0, 0.1) is 0 Å². The van der Waals surface area contributed by atoms with Crippen molar-refractivity contribution in [1.82, 2.24) is 0 Å². The highest BCUT2D eigenvalue weighted by Crippen LogP contribution is 2.14. The lowest BCUT2D eigenvalue weighted by Gasteiger charge is -2.31. The molecule has 1 N–H and O–H groups in total. The molecule has 0 aliphatic carbocycles. The van der Waals surface area contributed by atoms with Crippen molar-refractivity contribution in [2.45, 2.75) is 63.8 Å². The van der Waals surface area contributed by atoms with E-state index in [4.69, 9.17) is 18.3 Å². The summed E-state index contributed by atoms with van der Waals surface area (Å²) in [4.78, 5) is 10.9. The smallest absolute Gasteiger partial charge is 0.330 e. The number of carbonyl (C=O) groups excluding carboxylic acids is 1. The molecule has 0 saturated carbocycles. The zero-order valence-corrected chi connectivity index (χ0v) is 19.5. The van der Waals surface area contributed by atoms with Crippen molar-refractivity contribution in [2.75, 3.05) is 19.8 Å². The van der Waals surface area contributed by atoms with E-state index in [-0.39, 0.29) is 19.1 Å². The number of hydrogen-bond acceptors (Lipinski definition) is 6. The zero-order valence-electron chi connectivity index (χ0n) is 16.5. The van der Waals surface area contributed by atoms with Crippen LogP contribution in [0.2, 0.25) is 45.3 Å². The van der Waals surface area contributed by atoms with Gasteiger partial charge in [-0.1, -0.05) is 12.6 Å². The molecule has 1 unspecified atom stereocenters. The van der Waals surface area contributed by atoms with Crippen molar-refractivity contribution in [3.8, 4) is 0 Å². The van der Waals surface area contributed by atoms with Gasteiger partial charge in [0.1, 0.15) is 28.1 Å². The third-order valence-electron chi connectivity index (χ3n) is 2.59. The van der Waals surface area contributed by atoms with Crippen LogP contribution in [0.4, 0.5) is 0 Å². The van der Waals surface area contributed by atoms with Gasteiger partial charge in [-0.3, -0.25) is 0 Å². The molecule has 0 rings (SSSR count). The number of ether oxygens (including phenoxy) is 2. The summed E-state index contributed by atoms with van der Waals surface area (Å²) in [6.07, 6.45) is 1.12. The van der Waals surface area contributed by atoms with Crippen LogP contribution in [0.25, 0.3) is 0 Å². The lowest BCUT2D eigenvalue weighted by Crippen LogP contribution is -2.43. The molecule has 0 spiro atoms. The second-order valence-corrected chi connectivity index (χ2v) is 18.0. The summed E-state index contributed by atoms with van der Waals surface area (Å²) >= 11 is 0. The van der Waals surface area contributed by atoms with Crippen LogP contribution in [0.3, 0.4) is 0 Å². The van der Waals surface area contributed by atoms with Gasteiger partial charge >= 0.3 is 5.97 Å². The van der Waals surface area contributed by atoms with E-state index in [1.807, 2.05) is 0 Å². The first-order valence-corrected chi connectivity index (χ1v) is 16.7. The molecule has 0 saturated heterocycles. The fourth-order valence-electron chi connectivity index (χ4n) is 1.65. The number of carbonyl (C=O) groups is 1. The summed E-state index contributed by atoms with van der Waals surface area (Å²) < 4.78 is 22.5. The summed E-state index contributed by atoms with van der Waals surface area (Å²) in [6.45, 7) is 16.9. The SMILES string of the molecule is C=CC(=O)OCC(O)COCCC[Si]C(O[Si](C)(C)C)O[Si](C)(C)C. The van der Waals surface area contributed by atoms with Gasteiger partial charge in [0.2, 0.25) is 0 Å². The summed E-state index contributed by atoms with van der Waals surface area (Å²) in [5.41, 5.74) is 0. The highest BCUT2D eigenvalue weighted by molar-refractivity contribution is 6.71. The van der Waals surface area contributed by atoms with E-state index in [2.05, 4.69) is 45.9 Å². The number of rotatable bonds is 14. The minimum Gasteiger partial charge on any atom is -0.460 e. The van der Waals surface area contributed by atoms with E-state index in [1.54, 1.807) is 0 Å². The van der Waals surface area contributed by atoms with Gasteiger partial charge in [-0.25, -0.2) is 4.79 Å². The van der Waals surface area contributed by atoms with E-state index in [0.717, 1.165) is 18.5 Å². The highest BCUT2D eigenvalue weighted by atomic mass is 28.4. The van der Waals surface area contributed by atoms with Gasteiger partial charge in [0, 0.05) is 12.7 Å². The normalized spacial score (nSPS) is 13.8. The topological polar surface area (TPSA) is 74.2 Å². The average Bonchev–Trinajstić information content (AvgIpc) is 2.44. The van der Waals surface area contributed by atoms with Gasteiger partial charge in [-0.2, -0.15) is 0 Å². The quantitative estimate of drug-likeness (QED) is 0.157. The summed E-state index contributed by atoms with van der Waals surface area (Å²) in [5, 5.41) is 9.63. The highest BCUT2D eigenvalue weighted by Gasteiger charge is 2.26. The van der Waals surface area contributed by atoms with Crippen molar-refractivity contribution < 1.29 is 28.2 Å². The van der Waals surface area contributed by atoms with Crippen molar-refractivity contribution in [3.63, 3.8) is 0 Å². The van der Waals surface area contributed by atoms with Gasteiger partial charge in [-0.15, -0.1) is 0 Å². The molecule has 0 aliphatic heterocycles. The summed E-state index contributed by atoms with van der Waals surface area (Å²) in [5.74, 6) is -0.654. The molecule has 0 heterocycles. The van der Waals surface area contributed by atoms with Crippen molar-refractivity contribution in [3.05, 3.63) is 12.7 Å². The van der Waals surface area contributed by atoms with Crippen LogP contribution < -0.4 is 0 Å². The third kappa shape index (κ3) is 16.9. The zero-order chi connectivity index (χ0) is 19.5. The lowest BCUT2D eigenvalue weighted by molar-refractivity contribution is -0.141. The monoisotopic (exact) mass is 406 g/mol. The molecule has 146 valence electrons. The number of aliphatic hydroxyl groups excluding tert-OH is 1. The Bertz CT molecular complexity index is 376. The van der Waals surface area contributed by atoms with Crippen LogP contribution in [-0.2, 0) is 23.1 Å². The maximum atomic E-state index is 10.9. The van der Waals surface area contributed by atoms with Crippen LogP contribution >= 0.6 is 0 Å². The Morgan fingerprint density at radius 1 is 1.12 bits per heavy atom. The van der Waals surface area contributed by atoms with Crippen molar-refractivity contribution >= 4 is 32.1 Å². The molecule has 0 aromatic heterocycles. The van der Waals surface area contributed by atoms with E-state index in [9.17, 15) is 9.90 Å². The Kier molecular flexibility index (Phi) is 12.0. The first-order valence-electron chi connectivity index (χ1n) is 8.57. The molecule has 0 amide bonds. The Labute approximate surface area is 157 Å². The molecule has 0 aliphatic rings. The van der Waals surface area contributed by atoms with Gasteiger partial charge in [-0.05, 0) is 45.7 Å². The molecule has 0 aromatic rings. The van der Waals surface area contributed by atoms with Gasteiger partial charge in [0.05, 0.1) is 6.61 Å². The second-order valence-electron chi connectivity index (χ2n) is 7.66. The predicted octanol–water partition coefficient (Wildman–Crippen LogP) is 2.59. The predicted molar refractivity (Wildman–Crippen MR) is 106 cm³/mol. The first kappa shape index (κ1) is 24.7. The van der Waals surface area contributed by atoms with Crippen molar-refractivity contribution in [1.29, 1.82) is 0 Å². The first-order chi connectivity index (χ1) is 11.4. The fraction of sp³-hybridized carbons (Fsp3) is 0.812. The molecule has 6 nitrogen and oxygen atoms in total. The maximum absolute atomic E-state index is 10.9. The maximum Gasteiger partial charge on any atom is 0.330 e. The van der Waals surface area contributed by atoms with Crippen molar-refractivity contribution in [2.24, 2.45) is 0 Å². The van der Waals surface area contributed by atoms with Gasteiger partial charge in [0.15, 0.2) is 16.6 Å². The fourth-order valence-corrected chi connectivity index (χ4v) is 6.50. The summed E-state index contributed by atoms with van der Waals surface area (Å²) in [6, 6.07) is 0.959. The van der Waals surface area contributed by atoms with Crippen LogP contribution in [0.15, 0.2) is 12.7 Å². The number of aliphatic hydroxyl groups is 1. The van der Waals surface area contributed by atoms with Crippen LogP contribution in [0.1, 0.15) is 6.42 Å². The molecule has 0 fully saturated rings. The standard InChI is InChI=1S/C16H34O6Si3/c1-8-15(18)20-13-14(17)12-19-10-9-11-23-16(21-24(2,3)4)22-25(5,6)7/h8,14,16-17H,1,9-13H2,2-7H3. The molecule has 0 aromatic carbocycles. The minimum absolute atomic E-state index is 0.0806. The van der Waals surface area contributed by atoms with Crippen LogP contribution in [0.5, 0.6) is 0 Å². The minimum atomic E-state index is -1.64. The van der Waals surface area contributed by atoms with Gasteiger partial charge < -0.3 is 23.4 Å². The van der Waals surface area contributed by atoms with E-state index in [1.165, 1.54) is 0 Å². The Morgan fingerprint density at radius 3 is 2.16 bits per heavy atom. The van der Waals surface area contributed by atoms with Gasteiger partial charge in [0.25, 0.3) is 0 Å². The van der Waals surface area contributed by atoms with Crippen LogP contribution in [-0.4, -0.2) is 69.1 Å². The molecule has 25 heavy (non-hydrogen) atoms.